The van der Waals surface area contributed by atoms with Gasteiger partial charge in [-0.3, -0.25) is 0 Å². The lowest BCUT2D eigenvalue weighted by Gasteiger charge is -2.18. The van der Waals surface area contributed by atoms with E-state index < -0.39 is 0 Å². The van der Waals surface area contributed by atoms with E-state index in [4.69, 9.17) is 4.42 Å². The summed E-state index contributed by atoms with van der Waals surface area (Å²) in [6.07, 6.45) is 0. The van der Waals surface area contributed by atoms with Gasteiger partial charge in [-0.05, 0) is 12.1 Å². The molecule has 0 saturated carbocycles. The third kappa shape index (κ3) is 2.61. The molecule has 0 saturated heterocycles. The summed E-state index contributed by atoms with van der Waals surface area (Å²) in [5.74, 6) is 2.36. The fraction of sp³-hybridized carbons (Fsp3) is 0.294. The molecule has 4 nitrogen and oxygen atoms in total. The van der Waals surface area contributed by atoms with Gasteiger partial charge in [0.15, 0.2) is 5.76 Å². The van der Waals surface area contributed by atoms with E-state index in [0.29, 0.717) is 0 Å². The summed E-state index contributed by atoms with van der Waals surface area (Å²) >= 11 is 0. The molecule has 1 aromatic carbocycles. The van der Waals surface area contributed by atoms with Crippen molar-refractivity contribution in [3.63, 3.8) is 0 Å². The van der Waals surface area contributed by atoms with Gasteiger partial charge in [0.05, 0.1) is 0 Å². The van der Waals surface area contributed by atoms with Crippen molar-refractivity contribution in [1.82, 2.24) is 9.97 Å². The fourth-order valence-corrected chi connectivity index (χ4v) is 2.15. The summed E-state index contributed by atoms with van der Waals surface area (Å²) in [5.41, 5.74) is 1.55. The van der Waals surface area contributed by atoms with Crippen LogP contribution >= 0.6 is 0 Å². The first-order valence-corrected chi connectivity index (χ1v) is 7.03. The third-order valence-corrected chi connectivity index (χ3v) is 3.33. The molecule has 2 heterocycles. The maximum absolute atomic E-state index is 5.90. The minimum absolute atomic E-state index is 0.117. The van der Waals surface area contributed by atoms with Gasteiger partial charge in [0, 0.05) is 23.9 Å². The van der Waals surface area contributed by atoms with Gasteiger partial charge in [-0.25, -0.2) is 9.97 Å². The second-order valence-electron chi connectivity index (χ2n) is 6.11. The van der Waals surface area contributed by atoms with E-state index in [0.717, 1.165) is 34.1 Å². The number of benzene rings is 1. The highest BCUT2D eigenvalue weighted by Gasteiger charge is 2.20. The molecule has 0 amide bonds. The summed E-state index contributed by atoms with van der Waals surface area (Å²) in [4.78, 5) is 9.21. The topological polar surface area (TPSA) is 51.0 Å². The van der Waals surface area contributed by atoms with Crippen LogP contribution in [-0.2, 0) is 5.41 Å². The Morgan fingerprint density at radius 1 is 1.05 bits per heavy atom. The van der Waals surface area contributed by atoms with Gasteiger partial charge >= 0.3 is 0 Å². The van der Waals surface area contributed by atoms with E-state index in [1.807, 2.05) is 43.4 Å². The molecule has 2 aromatic heterocycles. The number of aromatic nitrogens is 2. The lowest BCUT2D eigenvalue weighted by Crippen LogP contribution is -2.17. The summed E-state index contributed by atoms with van der Waals surface area (Å²) in [6, 6.07) is 11.9. The average molecular weight is 281 g/mol. The van der Waals surface area contributed by atoms with Crippen LogP contribution < -0.4 is 5.32 Å². The van der Waals surface area contributed by atoms with Crippen LogP contribution in [0, 0.1) is 0 Å². The summed E-state index contributed by atoms with van der Waals surface area (Å²) in [6.45, 7) is 6.30. The Balaban J connectivity index is 2.16. The summed E-state index contributed by atoms with van der Waals surface area (Å²) < 4.78 is 5.90. The normalized spacial score (nSPS) is 11.8. The zero-order chi connectivity index (χ0) is 15.0. The molecule has 0 spiro atoms. The van der Waals surface area contributed by atoms with Crippen LogP contribution in [-0.4, -0.2) is 17.0 Å². The number of fused-ring (bicyclic) bond motifs is 1. The number of nitrogens with zero attached hydrogens (tertiary/aromatic N) is 2. The predicted octanol–water partition coefficient (Wildman–Crippen LogP) is 4.23. The molecule has 4 heteroatoms. The van der Waals surface area contributed by atoms with Crippen molar-refractivity contribution in [2.45, 2.75) is 26.2 Å². The van der Waals surface area contributed by atoms with Crippen molar-refractivity contribution in [2.24, 2.45) is 0 Å². The highest BCUT2D eigenvalue weighted by Crippen LogP contribution is 2.29. The second kappa shape index (κ2) is 4.88. The van der Waals surface area contributed by atoms with Crippen molar-refractivity contribution in [3.8, 4) is 11.5 Å². The first-order valence-electron chi connectivity index (χ1n) is 7.03. The predicted molar refractivity (Wildman–Crippen MR) is 85.5 cm³/mol. The van der Waals surface area contributed by atoms with Crippen LogP contribution in [0.1, 0.15) is 26.6 Å². The zero-order valence-electron chi connectivity index (χ0n) is 12.8. The minimum Gasteiger partial charge on any atom is -0.454 e. The third-order valence-electron chi connectivity index (χ3n) is 3.33. The van der Waals surface area contributed by atoms with Gasteiger partial charge in [-0.1, -0.05) is 39.0 Å². The van der Waals surface area contributed by atoms with Crippen molar-refractivity contribution >= 4 is 16.8 Å². The van der Waals surface area contributed by atoms with Crippen molar-refractivity contribution in [3.05, 3.63) is 42.2 Å². The molecule has 3 aromatic rings. The second-order valence-corrected chi connectivity index (χ2v) is 6.11. The quantitative estimate of drug-likeness (QED) is 0.763. The van der Waals surface area contributed by atoms with Crippen LogP contribution in [0.4, 0.5) is 5.82 Å². The van der Waals surface area contributed by atoms with Crippen LogP contribution in [0.3, 0.4) is 0 Å². The smallest absolute Gasteiger partial charge is 0.154 e. The van der Waals surface area contributed by atoms with Crippen LogP contribution in [0.15, 0.2) is 40.8 Å². The minimum atomic E-state index is -0.117. The Hall–Kier alpha value is -2.36. The van der Waals surface area contributed by atoms with E-state index in [-0.39, 0.29) is 5.41 Å². The number of hydrogen-bond donors (Lipinski definition) is 1. The van der Waals surface area contributed by atoms with Crippen molar-refractivity contribution < 1.29 is 4.42 Å². The maximum atomic E-state index is 5.90. The fourth-order valence-electron chi connectivity index (χ4n) is 2.15. The SMILES string of the molecule is CNc1cc(-c2cc3ccccc3o2)nc(C(C)(C)C)n1. The molecule has 0 aliphatic rings. The number of rotatable bonds is 2. The lowest BCUT2D eigenvalue weighted by atomic mass is 9.95. The maximum Gasteiger partial charge on any atom is 0.154 e. The molecule has 21 heavy (non-hydrogen) atoms. The molecule has 0 aliphatic heterocycles. The number of anilines is 1. The Morgan fingerprint density at radius 3 is 2.48 bits per heavy atom. The van der Waals surface area contributed by atoms with Crippen LogP contribution in [0.25, 0.3) is 22.4 Å². The Bertz CT molecular complexity index is 751. The number of furan rings is 1. The molecule has 0 unspecified atom stereocenters. The molecule has 0 atom stereocenters. The Morgan fingerprint density at radius 2 is 1.81 bits per heavy atom. The van der Waals surface area contributed by atoms with Crippen molar-refractivity contribution in [2.75, 3.05) is 12.4 Å². The zero-order valence-corrected chi connectivity index (χ0v) is 12.8. The molecule has 3 rings (SSSR count). The van der Waals surface area contributed by atoms with E-state index in [1.54, 1.807) is 0 Å². The van der Waals surface area contributed by atoms with E-state index in [1.165, 1.54) is 0 Å². The van der Waals surface area contributed by atoms with Gasteiger partial charge in [-0.2, -0.15) is 0 Å². The Kier molecular flexibility index (Phi) is 3.16. The molecule has 0 radical (unpaired) electrons. The van der Waals surface area contributed by atoms with Gasteiger partial charge in [0.25, 0.3) is 0 Å². The number of hydrogen-bond acceptors (Lipinski definition) is 4. The molecule has 108 valence electrons. The first kappa shape index (κ1) is 13.6. The van der Waals surface area contributed by atoms with Gasteiger partial charge in [0.1, 0.15) is 22.9 Å². The molecular weight excluding hydrogens is 262 g/mol. The lowest BCUT2D eigenvalue weighted by molar-refractivity contribution is 0.544. The van der Waals surface area contributed by atoms with Gasteiger partial charge < -0.3 is 9.73 Å². The van der Waals surface area contributed by atoms with E-state index in [9.17, 15) is 0 Å². The molecule has 0 aliphatic carbocycles. The summed E-state index contributed by atoms with van der Waals surface area (Å²) in [7, 11) is 1.86. The highest BCUT2D eigenvalue weighted by atomic mass is 16.3. The monoisotopic (exact) mass is 281 g/mol. The van der Waals surface area contributed by atoms with Crippen LogP contribution in [0.2, 0.25) is 0 Å². The average Bonchev–Trinajstić information content (AvgIpc) is 2.89. The van der Waals surface area contributed by atoms with E-state index >= 15 is 0 Å². The van der Waals surface area contributed by atoms with E-state index in [2.05, 4.69) is 36.1 Å². The molecule has 0 fully saturated rings. The molecule has 1 N–H and O–H groups in total. The van der Waals surface area contributed by atoms with Crippen LogP contribution in [0.5, 0.6) is 0 Å². The number of para-hydroxylation sites is 1. The molecule has 0 bridgehead atoms. The van der Waals surface area contributed by atoms with Gasteiger partial charge in [0.2, 0.25) is 0 Å². The Labute approximate surface area is 124 Å². The highest BCUT2D eigenvalue weighted by molar-refractivity contribution is 5.82. The standard InChI is InChI=1S/C17H19N3O/c1-17(2,3)16-19-12(10-15(18-4)20-16)14-9-11-7-5-6-8-13(11)21-14/h5-10H,1-4H3,(H,18,19,20). The van der Waals surface area contributed by atoms with Crippen molar-refractivity contribution in [1.29, 1.82) is 0 Å². The van der Waals surface area contributed by atoms with Gasteiger partial charge in [-0.15, -0.1) is 0 Å². The molecular formula is C17H19N3O. The summed E-state index contributed by atoms with van der Waals surface area (Å²) in [5, 5.41) is 4.17. The number of nitrogens with one attached hydrogen (secondary N) is 1. The first-order chi connectivity index (χ1) is 9.97. The largest absolute Gasteiger partial charge is 0.454 e.